The van der Waals surface area contributed by atoms with Crippen molar-refractivity contribution in [3.8, 4) is 0 Å². The second kappa shape index (κ2) is 4.99. The highest BCUT2D eigenvalue weighted by Crippen LogP contribution is 2.23. The predicted octanol–water partition coefficient (Wildman–Crippen LogP) is 3.13. The van der Waals surface area contributed by atoms with Crippen LogP contribution in [-0.2, 0) is 6.42 Å². The first kappa shape index (κ1) is 11.0. The van der Waals surface area contributed by atoms with E-state index < -0.39 is 0 Å². The fraction of sp³-hybridized carbons (Fsp3) is 0.286. The maximum atomic E-state index is 5.49. The van der Waals surface area contributed by atoms with Crippen molar-refractivity contribution in [2.24, 2.45) is 0 Å². The second-order valence-electron chi connectivity index (χ2n) is 4.18. The van der Waals surface area contributed by atoms with Crippen LogP contribution in [0.4, 0.5) is 0 Å². The molecule has 0 aliphatic rings. The first-order valence-corrected chi connectivity index (χ1v) is 5.51. The minimum atomic E-state index is 0.303. The molecule has 0 saturated carbocycles. The van der Waals surface area contributed by atoms with Gasteiger partial charge in [0.25, 0.3) is 0 Å². The number of nitrogens with zero attached hydrogens (tertiary/aromatic N) is 1. The number of likely N-dealkylation sites (N-methyl/N-ethyl adjacent to an activating group) is 1. The minimum Gasteiger partial charge on any atom is -0.468 e. The van der Waals surface area contributed by atoms with E-state index in [2.05, 4.69) is 43.3 Å². The molecular formula is C14H17NO. The van der Waals surface area contributed by atoms with Gasteiger partial charge in [0.2, 0.25) is 0 Å². The maximum absolute atomic E-state index is 5.49. The Morgan fingerprint density at radius 3 is 2.38 bits per heavy atom. The Balaban J connectivity index is 2.16. The summed E-state index contributed by atoms with van der Waals surface area (Å²) in [6.07, 6.45) is 2.71. The second-order valence-corrected chi connectivity index (χ2v) is 4.18. The van der Waals surface area contributed by atoms with Gasteiger partial charge in [-0.1, -0.05) is 30.3 Å². The zero-order valence-electron chi connectivity index (χ0n) is 9.76. The molecule has 0 fully saturated rings. The molecule has 0 aliphatic heterocycles. The Bertz CT molecular complexity index is 406. The third-order valence-corrected chi connectivity index (χ3v) is 2.77. The molecule has 0 saturated heterocycles. The highest BCUT2D eigenvalue weighted by molar-refractivity contribution is 5.18. The van der Waals surface area contributed by atoms with Crippen LogP contribution in [-0.4, -0.2) is 19.0 Å². The van der Waals surface area contributed by atoms with E-state index in [9.17, 15) is 0 Å². The van der Waals surface area contributed by atoms with E-state index in [1.807, 2.05) is 18.2 Å². The molecule has 0 amide bonds. The van der Waals surface area contributed by atoms with Crippen LogP contribution in [0, 0.1) is 0 Å². The van der Waals surface area contributed by atoms with Gasteiger partial charge >= 0.3 is 0 Å². The molecule has 0 spiro atoms. The van der Waals surface area contributed by atoms with Gasteiger partial charge in [0.15, 0.2) is 0 Å². The van der Waals surface area contributed by atoms with Gasteiger partial charge < -0.3 is 4.42 Å². The van der Waals surface area contributed by atoms with Crippen LogP contribution in [0.1, 0.15) is 17.4 Å². The van der Waals surface area contributed by atoms with Gasteiger partial charge in [-0.2, -0.15) is 0 Å². The van der Waals surface area contributed by atoms with Gasteiger partial charge in [-0.05, 0) is 38.2 Å². The van der Waals surface area contributed by atoms with Crippen LogP contribution in [0.2, 0.25) is 0 Å². The van der Waals surface area contributed by atoms with E-state index in [0.717, 1.165) is 12.2 Å². The molecule has 1 aromatic heterocycles. The molecule has 1 aromatic carbocycles. The van der Waals surface area contributed by atoms with Crippen LogP contribution < -0.4 is 0 Å². The van der Waals surface area contributed by atoms with E-state index in [1.165, 1.54) is 5.56 Å². The molecule has 1 atom stereocenters. The molecular weight excluding hydrogens is 198 g/mol. The van der Waals surface area contributed by atoms with Crippen molar-refractivity contribution in [1.29, 1.82) is 0 Å². The van der Waals surface area contributed by atoms with Crippen molar-refractivity contribution < 1.29 is 4.42 Å². The van der Waals surface area contributed by atoms with Gasteiger partial charge in [0.1, 0.15) is 5.76 Å². The SMILES string of the molecule is CN(C)C(Cc1ccccc1)c1ccco1. The lowest BCUT2D eigenvalue weighted by atomic mass is 10.0. The summed E-state index contributed by atoms with van der Waals surface area (Å²) in [4.78, 5) is 2.19. The standard InChI is InChI=1S/C14H17NO/c1-15(2)13(14-9-6-10-16-14)11-12-7-4-3-5-8-12/h3-10,13H,11H2,1-2H3. The topological polar surface area (TPSA) is 16.4 Å². The Morgan fingerprint density at radius 2 is 1.81 bits per heavy atom. The molecule has 84 valence electrons. The van der Waals surface area contributed by atoms with Crippen molar-refractivity contribution >= 4 is 0 Å². The molecule has 16 heavy (non-hydrogen) atoms. The molecule has 1 unspecified atom stereocenters. The first-order valence-electron chi connectivity index (χ1n) is 5.51. The van der Waals surface area contributed by atoms with Crippen molar-refractivity contribution in [1.82, 2.24) is 4.90 Å². The Labute approximate surface area is 96.5 Å². The zero-order valence-corrected chi connectivity index (χ0v) is 9.76. The quantitative estimate of drug-likeness (QED) is 0.779. The third-order valence-electron chi connectivity index (χ3n) is 2.77. The summed E-state index contributed by atoms with van der Waals surface area (Å²) in [6, 6.07) is 14.8. The Hall–Kier alpha value is -1.54. The molecule has 2 nitrogen and oxygen atoms in total. The van der Waals surface area contributed by atoms with Crippen LogP contribution in [0.3, 0.4) is 0 Å². The average Bonchev–Trinajstić information content (AvgIpc) is 2.80. The molecule has 2 aromatic rings. The summed E-state index contributed by atoms with van der Waals surface area (Å²) in [5.41, 5.74) is 1.33. The highest BCUT2D eigenvalue weighted by atomic mass is 16.3. The lowest BCUT2D eigenvalue weighted by Crippen LogP contribution is -2.21. The zero-order chi connectivity index (χ0) is 11.4. The summed E-state index contributed by atoms with van der Waals surface area (Å²) in [6.45, 7) is 0. The Morgan fingerprint density at radius 1 is 1.06 bits per heavy atom. The average molecular weight is 215 g/mol. The molecule has 0 N–H and O–H groups in total. The smallest absolute Gasteiger partial charge is 0.121 e. The monoisotopic (exact) mass is 215 g/mol. The lowest BCUT2D eigenvalue weighted by Gasteiger charge is -2.22. The molecule has 2 rings (SSSR count). The summed E-state index contributed by atoms with van der Waals surface area (Å²) < 4.78 is 5.49. The maximum Gasteiger partial charge on any atom is 0.121 e. The van der Waals surface area contributed by atoms with E-state index >= 15 is 0 Å². The Kier molecular flexibility index (Phi) is 3.42. The number of benzene rings is 1. The molecule has 1 heterocycles. The normalized spacial score (nSPS) is 12.9. The van der Waals surface area contributed by atoms with Crippen LogP contribution in [0.25, 0.3) is 0 Å². The summed E-state index contributed by atoms with van der Waals surface area (Å²) in [5.74, 6) is 1.02. The third kappa shape index (κ3) is 2.52. The van der Waals surface area contributed by atoms with Crippen molar-refractivity contribution in [3.63, 3.8) is 0 Å². The summed E-state index contributed by atoms with van der Waals surface area (Å²) in [7, 11) is 4.16. The number of furan rings is 1. The predicted molar refractivity (Wildman–Crippen MR) is 65.3 cm³/mol. The van der Waals surface area contributed by atoms with E-state index in [1.54, 1.807) is 6.26 Å². The summed E-state index contributed by atoms with van der Waals surface area (Å²) >= 11 is 0. The van der Waals surface area contributed by atoms with E-state index in [0.29, 0.717) is 6.04 Å². The molecule has 0 bridgehead atoms. The highest BCUT2D eigenvalue weighted by Gasteiger charge is 2.16. The summed E-state index contributed by atoms with van der Waals surface area (Å²) in [5, 5.41) is 0. The number of hydrogen-bond acceptors (Lipinski definition) is 2. The number of hydrogen-bond donors (Lipinski definition) is 0. The van der Waals surface area contributed by atoms with Crippen LogP contribution in [0.5, 0.6) is 0 Å². The van der Waals surface area contributed by atoms with E-state index in [-0.39, 0.29) is 0 Å². The van der Waals surface area contributed by atoms with Crippen LogP contribution >= 0.6 is 0 Å². The van der Waals surface area contributed by atoms with Crippen LogP contribution in [0.15, 0.2) is 53.1 Å². The van der Waals surface area contributed by atoms with Crippen molar-refractivity contribution in [2.75, 3.05) is 14.1 Å². The van der Waals surface area contributed by atoms with E-state index in [4.69, 9.17) is 4.42 Å². The van der Waals surface area contributed by atoms with Gasteiger partial charge in [-0.15, -0.1) is 0 Å². The molecule has 2 heteroatoms. The number of rotatable bonds is 4. The minimum absolute atomic E-state index is 0.303. The van der Waals surface area contributed by atoms with Gasteiger partial charge in [0.05, 0.1) is 12.3 Å². The van der Waals surface area contributed by atoms with Gasteiger partial charge in [0, 0.05) is 0 Å². The van der Waals surface area contributed by atoms with Crippen molar-refractivity contribution in [2.45, 2.75) is 12.5 Å². The fourth-order valence-corrected chi connectivity index (χ4v) is 1.86. The fourth-order valence-electron chi connectivity index (χ4n) is 1.86. The first-order chi connectivity index (χ1) is 7.77. The van der Waals surface area contributed by atoms with Gasteiger partial charge in [-0.3, -0.25) is 4.90 Å². The molecule has 0 aliphatic carbocycles. The lowest BCUT2D eigenvalue weighted by molar-refractivity contribution is 0.257. The van der Waals surface area contributed by atoms with Crippen molar-refractivity contribution in [3.05, 3.63) is 60.1 Å². The van der Waals surface area contributed by atoms with Gasteiger partial charge in [-0.25, -0.2) is 0 Å². The largest absolute Gasteiger partial charge is 0.468 e. The molecule has 0 radical (unpaired) electrons.